The number of rotatable bonds is 5. The molecule has 2 rings (SSSR count). The van der Waals surface area contributed by atoms with Gasteiger partial charge in [-0.05, 0) is 42.0 Å². The molecule has 0 spiro atoms. The van der Waals surface area contributed by atoms with E-state index in [0.29, 0.717) is 12.2 Å². The lowest BCUT2D eigenvalue weighted by Gasteiger charge is -2.24. The number of hydrogen-bond acceptors (Lipinski definition) is 4. The number of nitrogens with zero attached hydrogens (tertiary/aromatic N) is 1. The third-order valence-electron chi connectivity index (χ3n) is 3.90. The molecule has 0 aromatic heterocycles. The quantitative estimate of drug-likeness (QED) is 0.880. The third kappa shape index (κ3) is 4.31. The first-order valence-electron chi connectivity index (χ1n) is 7.59. The molecule has 0 atom stereocenters. The van der Waals surface area contributed by atoms with Crippen molar-refractivity contribution in [3.8, 4) is 0 Å². The van der Waals surface area contributed by atoms with Crippen molar-refractivity contribution in [1.29, 1.82) is 0 Å². The fourth-order valence-corrected chi connectivity index (χ4v) is 2.90. The van der Waals surface area contributed by atoms with Crippen LogP contribution in [-0.4, -0.2) is 24.3 Å². The summed E-state index contributed by atoms with van der Waals surface area (Å²) in [5.41, 5.74) is 1.90. The van der Waals surface area contributed by atoms with Crippen molar-refractivity contribution in [2.24, 2.45) is 5.41 Å². The first-order valence-corrected chi connectivity index (χ1v) is 7.59. The van der Waals surface area contributed by atoms with E-state index in [-0.39, 0.29) is 24.7 Å². The summed E-state index contributed by atoms with van der Waals surface area (Å²) in [6, 6.07) is 5.44. The molecule has 6 heteroatoms. The number of fused-ring (bicyclic) bond motifs is 1. The molecule has 1 aromatic carbocycles. The summed E-state index contributed by atoms with van der Waals surface area (Å²) >= 11 is 0. The van der Waals surface area contributed by atoms with Crippen LogP contribution in [0, 0.1) is 5.41 Å². The van der Waals surface area contributed by atoms with Crippen LogP contribution in [0.3, 0.4) is 0 Å². The van der Waals surface area contributed by atoms with Crippen LogP contribution in [0.1, 0.15) is 39.2 Å². The number of carboxylic acid groups (broad SMARTS) is 1. The van der Waals surface area contributed by atoms with Crippen molar-refractivity contribution in [3.05, 3.63) is 23.8 Å². The first-order chi connectivity index (χ1) is 10.7. The van der Waals surface area contributed by atoms with Gasteiger partial charge in [-0.2, -0.15) is 0 Å². The monoisotopic (exact) mass is 317 g/mol. The topological polar surface area (TPSA) is 89.5 Å². The normalized spacial score (nSPS) is 13.6. The molecule has 0 radical (unpaired) electrons. The van der Waals surface area contributed by atoms with Crippen molar-refractivity contribution in [2.45, 2.75) is 40.0 Å². The number of aliphatic carboxylic acids is 1. The highest BCUT2D eigenvalue weighted by molar-refractivity contribution is 5.95. The van der Waals surface area contributed by atoms with Gasteiger partial charge in [0.2, 0.25) is 11.8 Å². The van der Waals surface area contributed by atoms with E-state index in [0.717, 1.165) is 17.7 Å². The number of hydrogen-bond donors (Lipinski definition) is 1. The number of benzene rings is 1. The largest absolute Gasteiger partial charge is 0.550 e. The summed E-state index contributed by atoms with van der Waals surface area (Å²) in [5, 5.41) is 13.5. The second kappa shape index (κ2) is 6.40. The van der Waals surface area contributed by atoms with Gasteiger partial charge < -0.3 is 20.1 Å². The van der Waals surface area contributed by atoms with Gasteiger partial charge in [0, 0.05) is 37.2 Å². The minimum Gasteiger partial charge on any atom is -0.550 e. The lowest BCUT2D eigenvalue weighted by Crippen LogP contribution is -2.31. The van der Waals surface area contributed by atoms with Gasteiger partial charge >= 0.3 is 0 Å². The highest BCUT2D eigenvalue weighted by atomic mass is 16.4. The Bertz CT molecular complexity index is 652. The van der Waals surface area contributed by atoms with Crippen LogP contribution in [-0.2, 0) is 20.8 Å². The molecule has 23 heavy (non-hydrogen) atoms. The zero-order valence-corrected chi connectivity index (χ0v) is 13.6. The van der Waals surface area contributed by atoms with Crippen LogP contribution >= 0.6 is 0 Å². The molecule has 1 aliphatic heterocycles. The molecule has 6 nitrogen and oxygen atoms in total. The van der Waals surface area contributed by atoms with Crippen molar-refractivity contribution < 1.29 is 19.5 Å². The molecule has 0 aliphatic carbocycles. The van der Waals surface area contributed by atoms with Crippen LogP contribution in [0.2, 0.25) is 0 Å². The Hall–Kier alpha value is -2.37. The summed E-state index contributed by atoms with van der Waals surface area (Å²) in [7, 11) is 0. The van der Waals surface area contributed by atoms with Gasteiger partial charge in [-0.3, -0.25) is 9.59 Å². The maximum Gasteiger partial charge on any atom is 0.224 e. The van der Waals surface area contributed by atoms with Gasteiger partial charge in [-0.1, -0.05) is 13.8 Å². The summed E-state index contributed by atoms with van der Waals surface area (Å²) in [4.78, 5) is 36.0. The summed E-state index contributed by atoms with van der Waals surface area (Å²) in [5.74, 6) is -1.40. The molecule has 1 aliphatic rings. The second-order valence-corrected chi connectivity index (χ2v) is 6.70. The fraction of sp³-hybridized carbons (Fsp3) is 0.471. The lowest BCUT2D eigenvalue weighted by molar-refractivity contribution is -0.307. The maximum atomic E-state index is 12.1. The Balaban J connectivity index is 2.03. The van der Waals surface area contributed by atoms with E-state index in [1.807, 2.05) is 12.1 Å². The standard InChI is InChI=1S/C17H22N2O4/c1-11(20)19-7-6-12-8-13(4-5-14(12)19)18-15(21)9-17(2,3)10-16(22)23/h4-5,8H,6-7,9-10H2,1-3H3,(H,18,21)(H,22,23)/p-1. The smallest absolute Gasteiger partial charge is 0.224 e. The molecular formula is C17H21N2O4-. The number of nitrogens with one attached hydrogen (secondary N) is 1. The molecule has 0 unspecified atom stereocenters. The Labute approximate surface area is 135 Å². The van der Waals surface area contributed by atoms with Gasteiger partial charge in [0.05, 0.1) is 0 Å². The Morgan fingerprint density at radius 3 is 2.57 bits per heavy atom. The number of carboxylic acids is 1. The fourth-order valence-electron chi connectivity index (χ4n) is 2.90. The molecule has 0 bridgehead atoms. The molecule has 1 aromatic rings. The van der Waals surface area contributed by atoms with Crippen LogP contribution in [0.4, 0.5) is 11.4 Å². The van der Waals surface area contributed by atoms with E-state index >= 15 is 0 Å². The molecule has 0 saturated carbocycles. The van der Waals surface area contributed by atoms with E-state index in [1.54, 1.807) is 24.8 Å². The first kappa shape index (κ1) is 17.0. The van der Waals surface area contributed by atoms with Gasteiger partial charge in [-0.15, -0.1) is 0 Å². The predicted molar refractivity (Wildman–Crippen MR) is 84.8 cm³/mol. The molecule has 0 fully saturated rings. The van der Waals surface area contributed by atoms with Gasteiger partial charge in [0.25, 0.3) is 0 Å². The van der Waals surface area contributed by atoms with Crippen molar-refractivity contribution in [3.63, 3.8) is 0 Å². The van der Waals surface area contributed by atoms with Crippen molar-refractivity contribution in [1.82, 2.24) is 0 Å². The summed E-state index contributed by atoms with van der Waals surface area (Å²) < 4.78 is 0. The molecular weight excluding hydrogens is 296 g/mol. The van der Waals surface area contributed by atoms with Gasteiger partial charge in [-0.25, -0.2) is 0 Å². The number of amides is 2. The van der Waals surface area contributed by atoms with E-state index in [1.165, 1.54) is 6.92 Å². The number of anilines is 2. The summed E-state index contributed by atoms with van der Waals surface area (Å²) in [6.07, 6.45) is 0.685. The zero-order valence-electron chi connectivity index (χ0n) is 13.6. The Morgan fingerprint density at radius 1 is 1.26 bits per heavy atom. The molecule has 124 valence electrons. The third-order valence-corrected chi connectivity index (χ3v) is 3.90. The van der Waals surface area contributed by atoms with E-state index < -0.39 is 11.4 Å². The average molecular weight is 317 g/mol. The SMILES string of the molecule is CC(=O)N1CCc2cc(NC(=O)CC(C)(C)CC(=O)[O-])ccc21. The van der Waals surface area contributed by atoms with Crippen LogP contribution in [0.25, 0.3) is 0 Å². The number of carbonyl (C=O) groups excluding carboxylic acids is 3. The zero-order chi connectivity index (χ0) is 17.2. The number of carbonyl (C=O) groups is 3. The average Bonchev–Trinajstić information content (AvgIpc) is 2.78. The van der Waals surface area contributed by atoms with Crippen molar-refractivity contribution >= 4 is 29.2 Å². The van der Waals surface area contributed by atoms with E-state index in [2.05, 4.69) is 5.32 Å². The maximum absolute atomic E-state index is 12.1. The minimum atomic E-state index is -1.16. The van der Waals surface area contributed by atoms with Crippen LogP contribution in [0.15, 0.2) is 18.2 Å². The highest BCUT2D eigenvalue weighted by Gasteiger charge is 2.24. The molecule has 1 heterocycles. The van der Waals surface area contributed by atoms with Crippen molar-refractivity contribution in [2.75, 3.05) is 16.8 Å². The molecule has 0 saturated heterocycles. The Morgan fingerprint density at radius 2 is 1.96 bits per heavy atom. The highest BCUT2D eigenvalue weighted by Crippen LogP contribution is 2.31. The summed E-state index contributed by atoms with van der Waals surface area (Å²) in [6.45, 7) is 5.62. The van der Waals surface area contributed by atoms with Gasteiger partial charge in [0.1, 0.15) is 0 Å². The van der Waals surface area contributed by atoms with E-state index in [4.69, 9.17) is 0 Å². The van der Waals surface area contributed by atoms with Gasteiger partial charge in [0.15, 0.2) is 0 Å². The molecule has 1 N–H and O–H groups in total. The minimum absolute atomic E-state index is 0.00423. The Kier molecular flexibility index (Phi) is 4.73. The lowest BCUT2D eigenvalue weighted by atomic mass is 9.85. The van der Waals surface area contributed by atoms with E-state index in [9.17, 15) is 19.5 Å². The second-order valence-electron chi connectivity index (χ2n) is 6.70. The van der Waals surface area contributed by atoms with Crippen LogP contribution in [0.5, 0.6) is 0 Å². The molecule has 2 amide bonds. The van der Waals surface area contributed by atoms with Crippen LogP contribution < -0.4 is 15.3 Å². The predicted octanol–water partition coefficient (Wildman–Crippen LogP) is 1.09.